The van der Waals surface area contributed by atoms with Crippen molar-refractivity contribution in [2.75, 3.05) is 18.1 Å². The molecule has 4 heteroatoms. The first-order valence-corrected chi connectivity index (χ1v) is 13.6. The molecule has 4 aromatic rings. The van der Waals surface area contributed by atoms with Crippen LogP contribution < -0.4 is 4.90 Å². The van der Waals surface area contributed by atoms with Crippen LogP contribution in [0.3, 0.4) is 0 Å². The van der Waals surface area contributed by atoms with Crippen molar-refractivity contribution in [3.63, 3.8) is 0 Å². The zero-order chi connectivity index (χ0) is 25.8. The summed E-state index contributed by atoms with van der Waals surface area (Å²) >= 11 is 0. The molecule has 192 valence electrons. The van der Waals surface area contributed by atoms with Gasteiger partial charge in [-0.3, -0.25) is 4.79 Å². The molecule has 2 heterocycles. The van der Waals surface area contributed by atoms with E-state index in [4.69, 9.17) is 4.74 Å². The van der Waals surface area contributed by atoms with Crippen LogP contribution in [0.25, 0.3) is 0 Å². The van der Waals surface area contributed by atoms with Crippen LogP contribution in [0.1, 0.15) is 35.1 Å². The summed E-state index contributed by atoms with van der Waals surface area (Å²) < 4.78 is 6.19. The predicted molar refractivity (Wildman–Crippen MR) is 152 cm³/mol. The van der Waals surface area contributed by atoms with Gasteiger partial charge in [-0.05, 0) is 41.2 Å². The van der Waals surface area contributed by atoms with E-state index in [0.29, 0.717) is 19.8 Å². The van der Waals surface area contributed by atoms with Crippen LogP contribution in [0.2, 0.25) is 0 Å². The van der Waals surface area contributed by atoms with E-state index >= 15 is 0 Å². The first-order valence-electron chi connectivity index (χ1n) is 13.6. The van der Waals surface area contributed by atoms with Gasteiger partial charge in [-0.25, -0.2) is 0 Å². The third-order valence-corrected chi connectivity index (χ3v) is 8.14. The van der Waals surface area contributed by atoms with Gasteiger partial charge in [-0.2, -0.15) is 0 Å². The number of ether oxygens (including phenoxy) is 1. The second kappa shape index (κ2) is 10.8. The molecule has 2 aliphatic heterocycles. The van der Waals surface area contributed by atoms with Gasteiger partial charge in [0.15, 0.2) is 0 Å². The molecular weight excluding hydrogens is 468 g/mol. The Morgan fingerprint density at radius 3 is 1.97 bits per heavy atom. The summed E-state index contributed by atoms with van der Waals surface area (Å²) in [6.45, 7) is 3.38. The second-order valence-electron chi connectivity index (χ2n) is 10.4. The van der Waals surface area contributed by atoms with Crippen molar-refractivity contribution in [3.05, 3.63) is 138 Å². The fourth-order valence-electron chi connectivity index (χ4n) is 6.37. The number of rotatable bonds is 9. The minimum atomic E-state index is -0.559. The average molecular weight is 503 g/mol. The van der Waals surface area contributed by atoms with E-state index < -0.39 is 5.41 Å². The van der Waals surface area contributed by atoms with E-state index in [-0.39, 0.29) is 11.9 Å². The largest absolute Gasteiger partial charge is 0.377 e. The SMILES string of the molecule is O=C1N(Cc2ccccc2)CC[C@]12c1ccccc1N(Cc1ccccc1)[C@@H]2CCOCc1ccccc1. The number of likely N-dealkylation sites (tertiary alicyclic amines) is 1. The standard InChI is InChI=1S/C34H34N2O2/c37-33-34(21-22-35(33)24-27-12-4-1-5-13-27)30-18-10-11-19-31(30)36(25-28-14-6-2-7-15-28)32(34)20-23-38-26-29-16-8-3-9-17-29/h1-19,32H,20-26H2/t32-,34-/m1/s1. The monoisotopic (exact) mass is 502 g/mol. The van der Waals surface area contributed by atoms with E-state index in [1.54, 1.807) is 0 Å². The molecule has 4 nitrogen and oxygen atoms in total. The molecule has 1 amide bonds. The number of para-hydroxylation sites is 1. The second-order valence-corrected chi connectivity index (χ2v) is 10.4. The Bertz CT molecular complexity index is 1360. The Morgan fingerprint density at radius 2 is 1.29 bits per heavy atom. The molecule has 0 aromatic heterocycles. The Hall–Kier alpha value is -3.89. The molecule has 4 aromatic carbocycles. The summed E-state index contributed by atoms with van der Waals surface area (Å²) in [5.41, 5.74) is 5.39. The topological polar surface area (TPSA) is 32.8 Å². The van der Waals surface area contributed by atoms with Crippen LogP contribution in [-0.4, -0.2) is 30.0 Å². The van der Waals surface area contributed by atoms with E-state index in [1.807, 2.05) is 36.4 Å². The van der Waals surface area contributed by atoms with E-state index in [9.17, 15) is 4.79 Å². The van der Waals surface area contributed by atoms with Crippen LogP contribution in [0, 0.1) is 0 Å². The van der Waals surface area contributed by atoms with E-state index in [2.05, 4.69) is 88.7 Å². The van der Waals surface area contributed by atoms with Gasteiger partial charge in [0.05, 0.1) is 18.1 Å². The van der Waals surface area contributed by atoms with E-state index in [0.717, 1.165) is 25.9 Å². The van der Waals surface area contributed by atoms with Crippen LogP contribution in [0.4, 0.5) is 5.69 Å². The highest BCUT2D eigenvalue weighted by Gasteiger charge is 2.59. The molecule has 2 aliphatic rings. The van der Waals surface area contributed by atoms with Gasteiger partial charge in [0.1, 0.15) is 0 Å². The van der Waals surface area contributed by atoms with Crippen molar-refractivity contribution in [2.24, 2.45) is 0 Å². The van der Waals surface area contributed by atoms with Gasteiger partial charge in [0.25, 0.3) is 0 Å². The maximum absolute atomic E-state index is 14.4. The number of carbonyl (C=O) groups excluding carboxylic acids is 1. The van der Waals surface area contributed by atoms with Crippen LogP contribution in [-0.2, 0) is 34.6 Å². The lowest BCUT2D eigenvalue weighted by Crippen LogP contribution is -2.50. The molecule has 0 saturated carbocycles. The number of carbonyl (C=O) groups is 1. The molecule has 0 unspecified atom stereocenters. The Labute approximate surface area is 225 Å². The van der Waals surface area contributed by atoms with Crippen LogP contribution >= 0.6 is 0 Å². The highest BCUT2D eigenvalue weighted by Crippen LogP contribution is 2.52. The Morgan fingerprint density at radius 1 is 0.711 bits per heavy atom. The van der Waals surface area contributed by atoms with Gasteiger partial charge in [-0.15, -0.1) is 0 Å². The van der Waals surface area contributed by atoms with Crippen LogP contribution in [0.5, 0.6) is 0 Å². The summed E-state index contributed by atoms with van der Waals surface area (Å²) in [5, 5.41) is 0. The quantitative estimate of drug-likeness (QED) is 0.250. The minimum Gasteiger partial charge on any atom is -0.377 e. The molecule has 1 fully saturated rings. The molecule has 6 rings (SSSR count). The zero-order valence-electron chi connectivity index (χ0n) is 21.7. The molecule has 0 N–H and O–H groups in total. The summed E-state index contributed by atoms with van der Waals surface area (Å²) in [4.78, 5) is 19.0. The molecule has 0 aliphatic carbocycles. The number of hydrogen-bond acceptors (Lipinski definition) is 3. The van der Waals surface area contributed by atoms with Crippen molar-refractivity contribution >= 4 is 11.6 Å². The lowest BCUT2D eigenvalue weighted by molar-refractivity contribution is -0.133. The van der Waals surface area contributed by atoms with Crippen molar-refractivity contribution in [1.29, 1.82) is 0 Å². The highest BCUT2D eigenvalue weighted by molar-refractivity contribution is 5.96. The van der Waals surface area contributed by atoms with Crippen LogP contribution in [0.15, 0.2) is 115 Å². The summed E-state index contributed by atoms with van der Waals surface area (Å²) in [6.07, 6.45) is 1.61. The normalized spacial score (nSPS) is 20.3. The number of benzene rings is 4. The lowest BCUT2D eigenvalue weighted by atomic mass is 9.74. The fraction of sp³-hybridized carbons (Fsp3) is 0.265. The van der Waals surface area contributed by atoms with Crippen molar-refractivity contribution < 1.29 is 9.53 Å². The molecule has 1 spiro atoms. The van der Waals surface area contributed by atoms with Gasteiger partial charge in [0, 0.05) is 31.9 Å². The Kier molecular flexibility index (Phi) is 6.98. The Balaban J connectivity index is 1.31. The number of nitrogens with zero attached hydrogens (tertiary/aromatic N) is 2. The summed E-state index contributed by atoms with van der Waals surface area (Å²) in [7, 11) is 0. The highest BCUT2D eigenvalue weighted by atomic mass is 16.5. The molecular formula is C34H34N2O2. The minimum absolute atomic E-state index is 0.0316. The van der Waals surface area contributed by atoms with Crippen molar-refractivity contribution in [3.8, 4) is 0 Å². The van der Waals surface area contributed by atoms with Gasteiger partial charge in [0.2, 0.25) is 5.91 Å². The molecule has 38 heavy (non-hydrogen) atoms. The van der Waals surface area contributed by atoms with Gasteiger partial charge < -0.3 is 14.5 Å². The maximum atomic E-state index is 14.4. The molecule has 1 saturated heterocycles. The smallest absolute Gasteiger partial charge is 0.235 e. The number of hydrogen-bond donors (Lipinski definition) is 0. The lowest BCUT2D eigenvalue weighted by Gasteiger charge is -2.36. The maximum Gasteiger partial charge on any atom is 0.235 e. The molecule has 0 radical (unpaired) electrons. The molecule has 0 bridgehead atoms. The van der Waals surface area contributed by atoms with Gasteiger partial charge >= 0.3 is 0 Å². The number of amides is 1. The van der Waals surface area contributed by atoms with Crippen molar-refractivity contribution in [1.82, 2.24) is 4.90 Å². The fourth-order valence-corrected chi connectivity index (χ4v) is 6.37. The number of fused-ring (bicyclic) bond motifs is 2. The van der Waals surface area contributed by atoms with E-state index in [1.165, 1.54) is 27.9 Å². The van der Waals surface area contributed by atoms with Gasteiger partial charge in [-0.1, -0.05) is 109 Å². The third kappa shape index (κ3) is 4.61. The zero-order valence-corrected chi connectivity index (χ0v) is 21.7. The summed E-state index contributed by atoms with van der Waals surface area (Å²) in [6, 6.07) is 39.8. The predicted octanol–water partition coefficient (Wildman–Crippen LogP) is 6.35. The van der Waals surface area contributed by atoms with Crippen molar-refractivity contribution in [2.45, 2.75) is 44.0 Å². The first-order chi connectivity index (χ1) is 18.8. The average Bonchev–Trinajstić information content (AvgIpc) is 3.43. The summed E-state index contributed by atoms with van der Waals surface area (Å²) in [5.74, 6) is 0.248. The molecule has 2 atom stereocenters. The third-order valence-electron chi connectivity index (χ3n) is 8.14. The first kappa shape index (κ1) is 24.4. The number of anilines is 1.